The van der Waals surface area contributed by atoms with E-state index in [1.807, 2.05) is 18.2 Å². The van der Waals surface area contributed by atoms with Crippen molar-refractivity contribution in [3.8, 4) is 11.1 Å². The molecular formula is C25H22FN. The van der Waals surface area contributed by atoms with Crippen molar-refractivity contribution >= 4 is 24.6 Å². The van der Waals surface area contributed by atoms with Crippen molar-refractivity contribution < 1.29 is 4.39 Å². The Balaban J connectivity index is 2.12. The van der Waals surface area contributed by atoms with Gasteiger partial charge in [0, 0.05) is 11.4 Å². The summed E-state index contributed by atoms with van der Waals surface area (Å²) in [5.41, 5.74) is 6.26. The molecule has 0 amide bonds. The Morgan fingerprint density at radius 2 is 1.78 bits per heavy atom. The predicted octanol–water partition coefficient (Wildman–Crippen LogP) is 5.04. The Morgan fingerprint density at radius 1 is 0.963 bits per heavy atom. The summed E-state index contributed by atoms with van der Waals surface area (Å²) < 4.78 is 13.5. The lowest BCUT2D eigenvalue weighted by molar-refractivity contribution is 0.627. The Hall–Kier alpha value is -3.26. The van der Waals surface area contributed by atoms with Gasteiger partial charge in [-0.25, -0.2) is 4.39 Å². The second-order valence-electron chi connectivity index (χ2n) is 6.65. The molecule has 3 aromatic rings. The van der Waals surface area contributed by atoms with Crippen LogP contribution >= 0.6 is 0 Å². The van der Waals surface area contributed by atoms with Gasteiger partial charge in [0.15, 0.2) is 0 Å². The predicted molar refractivity (Wildman–Crippen MR) is 115 cm³/mol. The molecule has 0 heterocycles. The van der Waals surface area contributed by atoms with Crippen molar-refractivity contribution in [2.45, 2.75) is 13.8 Å². The summed E-state index contributed by atoms with van der Waals surface area (Å²) >= 11 is 0. The van der Waals surface area contributed by atoms with Crippen molar-refractivity contribution in [3.05, 3.63) is 100 Å². The molecule has 0 aliphatic heterocycles. The highest BCUT2D eigenvalue weighted by Gasteiger charge is 2.03. The molecule has 0 aliphatic carbocycles. The quantitative estimate of drug-likeness (QED) is 0.581. The summed E-state index contributed by atoms with van der Waals surface area (Å²) in [5.74, 6) is -0.271. The van der Waals surface area contributed by atoms with Crippen molar-refractivity contribution in [2.24, 2.45) is 4.99 Å². The Labute approximate surface area is 159 Å². The molecule has 0 unspecified atom stereocenters. The molecule has 27 heavy (non-hydrogen) atoms. The van der Waals surface area contributed by atoms with Crippen LogP contribution in [-0.2, 0) is 0 Å². The fourth-order valence-electron chi connectivity index (χ4n) is 3.09. The number of benzene rings is 3. The maximum Gasteiger partial charge on any atom is 0.123 e. The maximum atomic E-state index is 13.5. The van der Waals surface area contributed by atoms with E-state index in [1.54, 1.807) is 12.3 Å². The van der Waals surface area contributed by atoms with Crippen LogP contribution in [0.4, 0.5) is 4.39 Å². The van der Waals surface area contributed by atoms with Crippen molar-refractivity contribution in [3.63, 3.8) is 0 Å². The first-order valence-electron chi connectivity index (χ1n) is 8.78. The van der Waals surface area contributed by atoms with E-state index in [1.165, 1.54) is 28.8 Å². The molecule has 2 heteroatoms. The summed E-state index contributed by atoms with van der Waals surface area (Å²) in [5, 5.41) is 1.91. The first kappa shape index (κ1) is 18.5. The summed E-state index contributed by atoms with van der Waals surface area (Å²) in [6.07, 6.45) is 3.68. The fraction of sp³-hybridized carbons (Fsp3) is 0.0800. The minimum Gasteiger partial charge on any atom is -0.272 e. The average molecular weight is 355 g/mol. The SMILES string of the molecule is C=N/C=c1/cc(-c2cc(C)ccc2C)cc/c1=C/C(=C)c1cccc(F)c1. The first-order chi connectivity index (χ1) is 13.0. The van der Waals surface area contributed by atoms with E-state index in [0.717, 1.165) is 27.1 Å². The van der Waals surface area contributed by atoms with Crippen molar-refractivity contribution in [2.75, 3.05) is 0 Å². The number of allylic oxidation sites excluding steroid dienone is 1. The summed E-state index contributed by atoms with van der Waals surface area (Å²) in [7, 11) is 0. The van der Waals surface area contributed by atoms with E-state index in [9.17, 15) is 4.39 Å². The molecule has 134 valence electrons. The molecule has 0 saturated heterocycles. The third kappa shape index (κ3) is 4.29. The number of aryl methyl sites for hydroxylation is 2. The van der Waals surface area contributed by atoms with Gasteiger partial charge in [-0.3, -0.25) is 4.99 Å². The molecule has 0 aromatic heterocycles. The van der Waals surface area contributed by atoms with Gasteiger partial charge in [-0.2, -0.15) is 0 Å². The zero-order chi connectivity index (χ0) is 19.4. The molecule has 3 rings (SSSR count). The van der Waals surface area contributed by atoms with Gasteiger partial charge in [0.25, 0.3) is 0 Å². The van der Waals surface area contributed by atoms with E-state index in [2.05, 4.69) is 62.5 Å². The molecule has 0 aliphatic rings. The minimum atomic E-state index is -0.271. The molecule has 1 nitrogen and oxygen atoms in total. The molecule has 0 N–H and O–H groups in total. The topological polar surface area (TPSA) is 12.4 Å². The molecular weight excluding hydrogens is 333 g/mol. The van der Waals surface area contributed by atoms with E-state index in [4.69, 9.17) is 0 Å². The van der Waals surface area contributed by atoms with Gasteiger partial charge in [-0.1, -0.05) is 54.6 Å². The van der Waals surface area contributed by atoms with Gasteiger partial charge in [0.05, 0.1) is 0 Å². The smallest absolute Gasteiger partial charge is 0.123 e. The van der Waals surface area contributed by atoms with Crippen LogP contribution in [0.3, 0.4) is 0 Å². The standard InChI is InChI=1S/C25H22FN/c1-17-8-9-18(2)25(12-17)22-11-10-21(23(14-22)16-27-4)13-19(3)20-6-5-7-24(26)15-20/h5-16H,3-4H2,1-2H3/b21-13-,23-16-. The lowest BCUT2D eigenvalue weighted by atomic mass is 9.97. The number of halogens is 1. The zero-order valence-corrected chi connectivity index (χ0v) is 15.7. The van der Waals surface area contributed by atoms with E-state index < -0.39 is 0 Å². The molecule has 0 atom stereocenters. The minimum absolute atomic E-state index is 0.271. The molecule has 3 aromatic carbocycles. The first-order valence-corrected chi connectivity index (χ1v) is 8.78. The third-order valence-electron chi connectivity index (χ3n) is 4.55. The van der Waals surface area contributed by atoms with Crippen LogP contribution in [0, 0.1) is 19.7 Å². The molecule has 0 bridgehead atoms. The number of hydrogen-bond donors (Lipinski definition) is 0. The Bertz CT molecular complexity index is 1140. The van der Waals surface area contributed by atoms with Crippen molar-refractivity contribution in [1.82, 2.24) is 0 Å². The summed E-state index contributed by atoms with van der Waals surface area (Å²) in [6.45, 7) is 11.9. The third-order valence-corrected chi connectivity index (χ3v) is 4.55. The number of rotatable bonds is 4. The van der Waals surface area contributed by atoms with Gasteiger partial charge in [0.1, 0.15) is 5.82 Å². The number of hydrogen-bond acceptors (Lipinski definition) is 1. The van der Waals surface area contributed by atoms with Gasteiger partial charge in [-0.05, 0) is 77.9 Å². The molecule has 0 saturated carbocycles. The lowest BCUT2D eigenvalue weighted by Gasteiger charge is -2.08. The van der Waals surface area contributed by atoms with Crippen LogP contribution in [0.2, 0.25) is 0 Å². The van der Waals surface area contributed by atoms with Gasteiger partial charge >= 0.3 is 0 Å². The fourth-order valence-corrected chi connectivity index (χ4v) is 3.09. The molecule has 0 fully saturated rings. The maximum absolute atomic E-state index is 13.5. The molecule has 0 spiro atoms. The van der Waals surface area contributed by atoms with E-state index >= 15 is 0 Å². The Morgan fingerprint density at radius 3 is 2.52 bits per heavy atom. The largest absolute Gasteiger partial charge is 0.272 e. The second-order valence-corrected chi connectivity index (χ2v) is 6.65. The number of aliphatic imine (C=N–C) groups is 1. The summed E-state index contributed by atoms with van der Waals surface area (Å²) in [6, 6.07) is 19.1. The van der Waals surface area contributed by atoms with Gasteiger partial charge in [-0.15, -0.1) is 0 Å². The monoisotopic (exact) mass is 355 g/mol. The van der Waals surface area contributed by atoms with E-state index in [0.29, 0.717) is 0 Å². The van der Waals surface area contributed by atoms with Gasteiger partial charge < -0.3 is 0 Å². The lowest BCUT2D eigenvalue weighted by Crippen LogP contribution is -2.24. The van der Waals surface area contributed by atoms with Crippen LogP contribution in [0.1, 0.15) is 16.7 Å². The Kier molecular flexibility index (Phi) is 5.46. The van der Waals surface area contributed by atoms with Gasteiger partial charge in [0.2, 0.25) is 0 Å². The van der Waals surface area contributed by atoms with Crippen LogP contribution in [0.25, 0.3) is 29.0 Å². The van der Waals surface area contributed by atoms with Crippen LogP contribution in [-0.4, -0.2) is 6.72 Å². The van der Waals surface area contributed by atoms with Crippen LogP contribution in [0.5, 0.6) is 0 Å². The highest BCUT2D eigenvalue weighted by atomic mass is 19.1. The second kappa shape index (κ2) is 7.96. The van der Waals surface area contributed by atoms with Crippen LogP contribution in [0.15, 0.2) is 72.2 Å². The molecule has 0 radical (unpaired) electrons. The van der Waals surface area contributed by atoms with Crippen LogP contribution < -0.4 is 10.4 Å². The number of nitrogens with zero attached hydrogens (tertiary/aromatic N) is 1. The average Bonchev–Trinajstić information content (AvgIpc) is 2.65. The highest BCUT2D eigenvalue weighted by molar-refractivity contribution is 5.87. The normalized spacial score (nSPS) is 12.3. The van der Waals surface area contributed by atoms with E-state index in [-0.39, 0.29) is 5.82 Å². The summed E-state index contributed by atoms with van der Waals surface area (Å²) in [4.78, 5) is 3.95. The zero-order valence-electron chi connectivity index (χ0n) is 15.7. The van der Waals surface area contributed by atoms with Crippen molar-refractivity contribution in [1.29, 1.82) is 0 Å². The highest BCUT2D eigenvalue weighted by Crippen LogP contribution is 2.23.